The number of hydrogen-bond donors (Lipinski definition) is 1. The van der Waals surface area contributed by atoms with Crippen LogP contribution in [0.25, 0.3) is 0 Å². The minimum absolute atomic E-state index is 0.0128. The van der Waals surface area contributed by atoms with Crippen LogP contribution in [0.4, 0.5) is 17.3 Å². The van der Waals surface area contributed by atoms with E-state index in [0.717, 1.165) is 42.2 Å². The topological polar surface area (TPSA) is 48.5 Å². The maximum Gasteiger partial charge on any atom is 0.221 e. The molecule has 1 amide bonds. The van der Waals surface area contributed by atoms with Crippen LogP contribution in [-0.2, 0) is 4.79 Å². The Morgan fingerprint density at radius 3 is 2.38 bits per heavy atom. The standard InChI is InChI=1S/C21H30N4O/c1-14(26)22-19-9-10-20(24-12-15-5-6-16(11-15)13-24)23-21(19)25-17-3-2-4-18(25)8-7-17/h9-10,15-18H,2-8,11-13H2,1H3,(H,22,26). The van der Waals surface area contributed by atoms with E-state index < -0.39 is 0 Å². The van der Waals surface area contributed by atoms with Crippen molar-refractivity contribution in [2.45, 2.75) is 70.4 Å². The Morgan fingerprint density at radius 2 is 1.73 bits per heavy atom. The maximum atomic E-state index is 11.7. The van der Waals surface area contributed by atoms with Gasteiger partial charge in [-0.1, -0.05) is 0 Å². The fraction of sp³-hybridized carbons (Fsp3) is 0.714. The van der Waals surface area contributed by atoms with Crippen molar-refractivity contribution in [2.75, 3.05) is 28.2 Å². The zero-order valence-corrected chi connectivity index (χ0v) is 15.8. The first-order valence-electron chi connectivity index (χ1n) is 10.5. The van der Waals surface area contributed by atoms with Crippen molar-refractivity contribution in [1.29, 1.82) is 0 Å². The van der Waals surface area contributed by atoms with Gasteiger partial charge in [-0.3, -0.25) is 4.79 Å². The molecule has 4 fully saturated rings. The van der Waals surface area contributed by atoms with E-state index in [4.69, 9.17) is 4.98 Å². The number of fused-ring (bicyclic) bond motifs is 4. The Kier molecular flexibility index (Phi) is 4.06. The summed E-state index contributed by atoms with van der Waals surface area (Å²) in [5.41, 5.74) is 0.889. The molecule has 1 aromatic rings. The summed E-state index contributed by atoms with van der Waals surface area (Å²) in [6.45, 7) is 3.88. The molecule has 4 aliphatic rings. The summed E-state index contributed by atoms with van der Waals surface area (Å²) in [4.78, 5) is 21.9. The zero-order chi connectivity index (χ0) is 17.7. The van der Waals surface area contributed by atoms with Crippen LogP contribution in [0.1, 0.15) is 58.3 Å². The predicted octanol–water partition coefficient (Wildman–Crippen LogP) is 3.80. The minimum atomic E-state index is -0.0128. The summed E-state index contributed by atoms with van der Waals surface area (Å²) in [6.07, 6.45) is 10.6. The van der Waals surface area contributed by atoms with Crippen molar-refractivity contribution in [1.82, 2.24) is 4.98 Å². The molecule has 1 aliphatic carbocycles. The largest absolute Gasteiger partial charge is 0.356 e. The molecule has 0 radical (unpaired) electrons. The lowest BCUT2D eigenvalue weighted by Gasteiger charge is -2.38. The maximum absolute atomic E-state index is 11.7. The molecule has 3 aliphatic heterocycles. The van der Waals surface area contributed by atoms with Crippen LogP contribution >= 0.6 is 0 Å². The van der Waals surface area contributed by atoms with Crippen molar-refractivity contribution in [2.24, 2.45) is 11.8 Å². The van der Waals surface area contributed by atoms with Gasteiger partial charge in [-0.25, -0.2) is 4.98 Å². The average Bonchev–Trinajstić information content (AvgIpc) is 3.09. The van der Waals surface area contributed by atoms with Gasteiger partial charge >= 0.3 is 0 Å². The average molecular weight is 354 g/mol. The second-order valence-electron chi connectivity index (χ2n) is 8.90. The number of nitrogens with zero attached hydrogens (tertiary/aromatic N) is 3. The van der Waals surface area contributed by atoms with Crippen LogP contribution in [0, 0.1) is 11.8 Å². The summed E-state index contributed by atoms with van der Waals surface area (Å²) in [5, 5.41) is 3.04. The van der Waals surface area contributed by atoms with Crippen LogP contribution in [0.15, 0.2) is 12.1 Å². The minimum Gasteiger partial charge on any atom is -0.356 e. The van der Waals surface area contributed by atoms with E-state index in [-0.39, 0.29) is 5.91 Å². The SMILES string of the molecule is CC(=O)Nc1ccc(N2CC3CCC(C3)C2)nc1N1C2CCCC1CC2. The van der Waals surface area contributed by atoms with Crippen LogP contribution in [0.3, 0.4) is 0 Å². The van der Waals surface area contributed by atoms with E-state index in [0.29, 0.717) is 12.1 Å². The third-order valence-corrected chi connectivity index (χ3v) is 7.04. The zero-order valence-electron chi connectivity index (χ0n) is 15.8. The van der Waals surface area contributed by atoms with E-state index in [9.17, 15) is 4.79 Å². The molecule has 3 saturated heterocycles. The number of carbonyl (C=O) groups excluding carboxylic acids is 1. The quantitative estimate of drug-likeness (QED) is 0.897. The van der Waals surface area contributed by atoms with E-state index in [2.05, 4.69) is 27.2 Å². The van der Waals surface area contributed by atoms with E-state index >= 15 is 0 Å². The van der Waals surface area contributed by atoms with Gasteiger partial charge in [-0.2, -0.15) is 0 Å². The van der Waals surface area contributed by atoms with Gasteiger partial charge in [0.05, 0.1) is 5.69 Å². The monoisotopic (exact) mass is 354 g/mol. The number of nitrogens with one attached hydrogen (secondary N) is 1. The molecular formula is C21H30N4O. The first kappa shape index (κ1) is 16.4. The number of rotatable bonds is 3. The van der Waals surface area contributed by atoms with E-state index in [1.54, 1.807) is 6.92 Å². The third-order valence-electron chi connectivity index (χ3n) is 7.04. The van der Waals surface area contributed by atoms with Gasteiger partial charge in [0.15, 0.2) is 5.82 Å². The van der Waals surface area contributed by atoms with Crippen molar-refractivity contribution in [3.63, 3.8) is 0 Å². The molecule has 5 heteroatoms. The van der Waals surface area contributed by atoms with Gasteiger partial charge in [-0.05, 0) is 75.3 Å². The fourth-order valence-electron chi connectivity index (χ4n) is 5.96. The van der Waals surface area contributed by atoms with Crippen molar-refractivity contribution >= 4 is 23.2 Å². The highest BCUT2D eigenvalue weighted by Gasteiger charge is 2.39. The highest BCUT2D eigenvalue weighted by Crippen LogP contribution is 2.43. The molecule has 0 aromatic carbocycles. The second kappa shape index (κ2) is 6.43. The normalized spacial score (nSPS) is 32.8. The van der Waals surface area contributed by atoms with Crippen LogP contribution in [0.2, 0.25) is 0 Å². The molecule has 4 heterocycles. The Bertz CT molecular complexity index is 677. The molecule has 5 nitrogen and oxygen atoms in total. The summed E-state index contributed by atoms with van der Waals surface area (Å²) >= 11 is 0. The van der Waals surface area contributed by atoms with Gasteiger partial charge in [0.25, 0.3) is 0 Å². The number of pyridine rings is 1. The number of piperidine rings is 2. The number of hydrogen-bond acceptors (Lipinski definition) is 4. The molecule has 4 atom stereocenters. The number of aromatic nitrogens is 1. The lowest BCUT2D eigenvalue weighted by atomic mass is 9.99. The van der Waals surface area contributed by atoms with Gasteiger partial charge in [-0.15, -0.1) is 0 Å². The number of carbonyl (C=O) groups is 1. The second-order valence-corrected chi connectivity index (χ2v) is 8.90. The molecule has 4 unspecified atom stereocenters. The van der Waals surface area contributed by atoms with Gasteiger partial charge in [0.2, 0.25) is 5.91 Å². The number of anilines is 3. The predicted molar refractivity (Wildman–Crippen MR) is 105 cm³/mol. The van der Waals surface area contributed by atoms with E-state index in [1.165, 1.54) is 51.4 Å². The van der Waals surface area contributed by atoms with Crippen molar-refractivity contribution < 1.29 is 4.79 Å². The molecule has 0 spiro atoms. The molecule has 26 heavy (non-hydrogen) atoms. The van der Waals surface area contributed by atoms with Crippen LogP contribution in [-0.4, -0.2) is 36.1 Å². The first-order valence-corrected chi connectivity index (χ1v) is 10.5. The smallest absolute Gasteiger partial charge is 0.221 e. The molecule has 5 rings (SSSR count). The molecule has 1 saturated carbocycles. The summed E-state index contributed by atoms with van der Waals surface area (Å²) in [7, 11) is 0. The first-order chi connectivity index (χ1) is 12.7. The van der Waals surface area contributed by atoms with Gasteiger partial charge in [0.1, 0.15) is 5.82 Å². The van der Waals surface area contributed by atoms with Gasteiger partial charge in [0, 0.05) is 32.1 Å². The molecule has 4 bridgehead atoms. The van der Waals surface area contributed by atoms with Gasteiger partial charge < -0.3 is 15.1 Å². The summed E-state index contributed by atoms with van der Waals surface area (Å²) in [6, 6.07) is 5.40. The molecule has 1 aromatic heterocycles. The molecule has 140 valence electrons. The van der Waals surface area contributed by atoms with Crippen molar-refractivity contribution in [3.05, 3.63) is 12.1 Å². The Labute approximate surface area is 156 Å². The Hall–Kier alpha value is -1.78. The lowest BCUT2D eigenvalue weighted by Crippen LogP contribution is -2.41. The third kappa shape index (κ3) is 2.85. The lowest BCUT2D eigenvalue weighted by molar-refractivity contribution is -0.114. The number of amides is 1. The highest BCUT2D eigenvalue weighted by atomic mass is 16.1. The van der Waals surface area contributed by atoms with E-state index in [1.807, 2.05) is 0 Å². The Balaban J connectivity index is 1.49. The van der Waals surface area contributed by atoms with Crippen molar-refractivity contribution in [3.8, 4) is 0 Å². The highest BCUT2D eigenvalue weighted by molar-refractivity contribution is 5.92. The molecule has 1 N–H and O–H groups in total. The van der Waals surface area contributed by atoms with Crippen LogP contribution in [0.5, 0.6) is 0 Å². The fourth-order valence-corrected chi connectivity index (χ4v) is 5.96. The molecular weight excluding hydrogens is 324 g/mol. The summed E-state index contributed by atoms with van der Waals surface area (Å²) in [5.74, 6) is 3.81. The summed E-state index contributed by atoms with van der Waals surface area (Å²) < 4.78 is 0. The van der Waals surface area contributed by atoms with Crippen LogP contribution < -0.4 is 15.1 Å². The Morgan fingerprint density at radius 1 is 1.04 bits per heavy atom.